The zero-order chi connectivity index (χ0) is 13.4. The summed E-state index contributed by atoms with van der Waals surface area (Å²) < 4.78 is 4.45. The summed E-state index contributed by atoms with van der Waals surface area (Å²) in [5, 5.41) is 9.92. The van der Waals surface area contributed by atoms with Crippen LogP contribution in [0, 0.1) is 5.92 Å². The van der Waals surface area contributed by atoms with E-state index in [1.54, 1.807) is 4.90 Å². The fourth-order valence-corrected chi connectivity index (χ4v) is 2.79. The lowest BCUT2D eigenvalue weighted by Gasteiger charge is -2.41. The number of amides is 2. The van der Waals surface area contributed by atoms with Crippen LogP contribution in [0.2, 0.25) is 0 Å². The molecule has 1 aromatic rings. The zero-order valence-corrected chi connectivity index (χ0v) is 10.3. The normalized spacial score (nSPS) is 26.7. The second-order valence-electron chi connectivity index (χ2n) is 5.01. The van der Waals surface area contributed by atoms with Gasteiger partial charge in [0.2, 0.25) is 17.4 Å². The van der Waals surface area contributed by atoms with Crippen LogP contribution < -0.4 is 11.1 Å². The number of aromatic nitrogens is 2. The molecule has 3 heterocycles. The summed E-state index contributed by atoms with van der Waals surface area (Å²) in [5.74, 6) is 0.167. The molecule has 19 heavy (non-hydrogen) atoms. The van der Waals surface area contributed by atoms with Crippen LogP contribution in [0.25, 0.3) is 0 Å². The first-order valence-corrected chi connectivity index (χ1v) is 6.32. The SMILES string of the molecule is Nc1nonc1C(=O)N1CCC2NC(=O)CCC2C1. The second kappa shape index (κ2) is 4.52. The van der Waals surface area contributed by atoms with Crippen molar-refractivity contribution in [2.45, 2.75) is 25.3 Å². The number of anilines is 1. The highest BCUT2D eigenvalue weighted by Gasteiger charge is 2.36. The summed E-state index contributed by atoms with van der Waals surface area (Å²) >= 11 is 0. The predicted molar refractivity (Wildman–Crippen MR) is 63.9 cm³/mol. The molecule has 2 aliphatic rings. The molecule has 0 spiro atoms. The molecule has 8 nitrogen and oxygen atoms in total. The highest BCUT2D eigenvalue weighted by atomic mass is 16.6. The average molecular weight is 265 g/mol. The zero-order valence-electron chi connectivity index (χ0n) is 10.3. The third kappa shape index (κ3) is 2.13. The molecule has 2 amide bonds. The van der Waals surface area contributed by atoms with E-state index in [1.165, 1.54) is 0 Å². The maximum Gasteiger partial charge on any atom is 0.280 e. The van der Waals surface area contributed by atoms with E-state index in [0.29, 0.717) is 25.4 Å². The average Bonchev–Trinajstić information content (AvgIpc) is 2.83. The minimum atomic E-state index is -0.255. The Balaban J connectivity index is 1.70. The molecule has 3 rings (SSSR count). The number of hydrogen-bond donors (Lipinski definition) is 2. The first-order valence-electron chi connectivity index (χ1n) is 6.32. The van der Waals surface area contributed by atoms with Crippen molar-refractivity contribution in [3.05, 3.63) is 5.69 Å². The van der Waals surface area contributed by atoms with Crippen LogP contribution in [-0.2, 0) is 4.79 Å². The van der Waals surface area contributed by atoms with Crippen LogP contribution in [0.5, 0.6) is 0 Å². The van der Waals surface area contributed by atoms with Gasteiger partial charge in [0, 0.05) is 25.6 Å². The van der Waals surface area contributed by atoms with Gasteiger partial charge in [0.25, 0.3) is 5.91 Å². The molecule has 2 atom stereocenters. The minimum Gasteiger partial charge on any atom is -0.379 e. The molecular formula is C11H15N5O3. The van der Waals surface area contributed by atoms with E-state index >= 15 is 0 Å². The molecule has 2 unspecified atom stereocenters. The molecule has 3 N–H and O–H groups in total. The molecule has 0 aromatic carbocycles. The van der Waals surface area contributed by atoms with Gasteiger partial charge < -0.3 is 16.0 Å². The number of nitrogen functional groups attached to an aromatic ring is 1. The number of carbonyl (C=O) groups is 2. The van der Waals surface area contributed by atoms with Crippen molar-refractivity contribution >= 4 is 17.6 Å². The summed E-state index contributed by atoms with van der Waals surface area (Å²) in [6.45, 7) is 1.18. The molecule has 0 radical (unpaired) electrons. The Labute approximate surface area is 109 Å². The monoisotopic (exact) mass is 265 g/mol. The van der Waals surface area contributed by atoms with Gasteiger partial charge in [-0.25, -0.2) is 4.63 Å². The fraction of sp³-hybridized carbons (Fsp3) is 0.636. The van der Waals surface area contributed by atoms with Crippen molar-refractivity contribution in [1.29, 1.82) is 0 Å². The van der Waals surface area contributed by atoms with Crippen molar-refractivity contribution in [3.8, 4) is 0 Å². The number of likely N-dealkylation sites (tertiary alicyclic amines) is 1. The highest BCUT2D eigenvalue weighted by molar-refractivity contribution is 5.96. The number of hydrogen-bond acceptors (Lipinski definition) is 6. The van der Waals surface area contributed by atoms with E-state index in [0.717, 1.165) is 12.8 Å². The number of nitrogens with two attached hydrogens (primary N) is 1. The molecule has 8 heteroatoms. The van der Waals surface area contributed by atoms with Crippen LogP contribution >= 0.6 is 0 Å². The van der Waals surface area contributed by atoms with Gasteiger partial charge in [-0.05, 0) is 29.1 Å². The van der Waals surface area contributed by atoms with Gasteiger partial charge in [0.1, 0.15) is 0 Å². The smallest absolute Gasteiger partial charge is 0.280 e. The number of carbonyl (C=O) groups excluding carboxylic acids is 2. The highest BCUT2D eigenvalue weighted by Crippen LogP contribution is 2.26. The van der Waals surface area contributed by atoms with Gasteiger partial charge in [-0.15, -0.1) is 0 Å². The van der Waals surface area contributed by atoms with E-state index in [4.69, 9.17) is 5.73 Å². The van der Waals surface area contributed by atoms with Crippen LogP contribution in [0.4, 0.5) is 5.82 Å². The first kappa shape index (κ1) is 11.9. The molecule has 102 valence electrons. The second-order valence-corrected chi connectivity index (χ2v) is 5.01. The van der Waals surface area contributed by atoms with Crippen molar-refractivity contribution in [3.63, 3.8) is 0 Å². The molecule has 1 aromatic heterocycles. The number of nitrogens with zero attached hydrogens (tertiary/aromatic N) is 3. The Bertz CT molecular complexity index is 514. The number of rotatable bonds is 1. The predicted octanol–water partition coefficient (Wildman–Crippen LogP) is -0.608. The van der Waals surface area contributed by atoms with Crippen LogP contribution in [0.1, 0.15) is 29.8 Å². The lowest BCUT2D eigenvalue weighted by Crippen LogP contribution is -2.55. The molecule has 2 aliphatic heterocycles. The molecule has 0 bridgehead atoms. The third-order valence-corrected chi connectivity index (χ3v) is 3.83. The summed E-state index contributed by atoms with van der Waals surface area (Å²) in [4.78, 5) is 25.2. The quantitative estimate of drug-likeness (QED) is 0.700. The van der Waals surface area contributed by atoms with Gasteiger partial charge in [0.15, 0.2) is 0 Å². The molecule has 2 saturated heterocycles. The largest absolute Gasteiger partial charge is 0.379 e. The van der Waals surface area contributed by atoms with Gasteiger partial charge in [-0.3, -0.25) is 9.59 Å². The Morgan fingerprint density at radius 1 is 1.42 bits per heavy atom. The lowest BCUT2D eigenvalue weighted by molar-refractivity contribution is -0.125. The topological polar surface area (TPSA) is 114 Å². The summed E-state index contributed by atoms with van der Waals surface area (Å²) in [6, 6.07) is 0.179. The molecule has 2 fully saturated rings. The summed E-state index contributed by atoms with van der Waals surface area (Å²) in [7, 11) is 0. The maximum absolute atomic E-state index is 12.2. The molecule has 0 aliphatic carbocycles. The third-order valence-electron chi connectivity index (χ3n) is 3.83. The van der Waals surface area contributed by atoms with E-state index in [-0.39, 0.29) is 29.4 Å². The molecule has 0 saturated carbocycles. The van der Waals surface area contributed by atoms with Gasteiger partial charge in [-0.1, -0.05) is 0 Å². The van der Waals surface area contributed by atoms with E-state index in [9.17, 15) is 9.59 Å². The Hall–Kier alpha value is -2.12. The van der Waals surface area contributed by atoms with Crippen molar-refractivity contribution in [2.75, 3.05) is 18.8 Å². The minimum absolute atomic E-state index is 0.0177. The lowest BCUT2D eigenvalue weighted by atomic mass is 9.85. The number of piperidine rings is 2. The van der Waals surface area contributed by atoms with E-state index in [1.807, 2.05) is 0 Å². The van der Waals surface area contributed by atoms with Gasteiger partial charge in [0.05, 0.1) is 0 Å². The van der Waals surface area contributed by atoms with Crippen LogP contribution in [-0.4, -0.2) is 46.2 Å². The van der Waals surface area contributed by atoms with Crippen LogP contribution in [0.3, 0.4) is 0 Å². The van der Waals surface area contributed by atoms with Gasteiger partial charge in [-0.2, -0.15) is 0 Å². The van der Waals surface area contributed by atoms with E-state index in [2.05, 4.69) is 20.3 Å². The summed E-state index contributed by atoms with van der Waals surface area (Å²) in [5.41, 5.74) is 5.59. The Morgan fingerprint density at radius 3 is 3.00 bits per heavy atom. The van der Waals surface area contributed by atoms with Crippen molar-refractivity contribution in [2.24, 2.45) is 5.92 Å². The first-order chi connectivity index (χ1) is 9.15. The van der Waals surface area contributed by atoms with Crippen LogP contribution in [0.15, 0.2) is 4.63 Å². The van der Waals surface area contributed by atoms with E-state index < -0.39 is 0 Å². The number of fused-ring (bicyclic) bond motifs is 1. The van der Waals surface area contributed by atoms with Gasteiger partial charge >= 0.3 is 0 Å². The Morgan fingerprint density at radius 2 is 2.26 bits per heavy atom. The fourth-order valence-electron chi connectivity index (χ4n) is 2.79. The summed E-state index contributed by atoms with van der Waals surface area (Å²) in [6.07, 6.45) is 2.09. The molecular weight excluding hydrogens is 250 g/mol. The van der Waals surface area contributed by atoms with Crippen molar-refractivity contribution < 1.29 is 14.2 Å². The number of nitrogens with one attached hydrogen (secondary N) is 1. The van der Waals surface area contributed by atoms with Crippen molar-refractivity contribution in [1.82, 2.24) is 20.5 Å². The maximum atomic E-state index is 12.2. The standard InChI is InChI=1S/C11H15N5O3/c12-10-9(14-19-15-10)11(18)16-4-3-7-6(5-16)1-2-8(17)13-7/h6-7H,1-5H2,(H2,12,15)(H,13,17). The Kier molecular flexibility index (Phi) is 2.84.